The second-order valence-corrected chi connectivity index (χ2v) is 5.21. The predicted molar refractivity (Wildman–Crippen MR) is 64.5 cm³/mol. The summed E-state index contributed by atoms with van der Waals surface area (Å²) in [5.41, 5.74) is 5.71. The van der Waals surface area contributed by atoms with Crippen molar-refractivity contribution in [3.05, 3.63) is 23.2 Å². The van der Waals surface area contributed by atoms with Gasteiger partial charge in [-0.1, -0.05) is 11.6 Å². The number of benzene rings is 1. The van der Waals surface area contributed by atoms with Crippen LogP contribution in [0.25, 0.3) is 0 Å². The van der Waals surface area contributed by atoms with Crippen molar-refractivity contribution in [2.75, 3.05) is 12.3 Å². The van der Waals surface area contributed by atoms with Crippen molar-refractivity contribution in [3.8, 4) is 12.3 Å². The number of nitrogens with two attached hydrogens (primary N) is 1. The van der Waals surface area contributed by atoms with E-state index in [0.717, 1.165) is 0 Å². The van der Waals surface area contributed by atoms with Gasteiger partial charge in [0.1, 0.15) is 4.90 Å². The van der Waals surface area contributed by atoms with Crippen molar-refractivity contribution >= 4 is 27.3 Å². The maximum absolute atomic E-state index is 11.8. The van der Waals surface area contributed by atoms with Crippen LogP contribution >= 0.6 is 11.6 Å². The Morgan fingerprint density at radius 2 is 2.19 bits per heavy atom. The molecule has 0 aromatic heterocycles. The first-order valence-electron chi connectivity index (χ1n) is 4.45. The third-order valence-corrected chi connectivity index (χ3v) is 3.58. The van der Waals surface area contributed by atoms with Crippen LogP contribution in [0, 0.1) is 12.3 Å². The van der Waals surface area contributed by atoms with Crippen LogP contribution < -0.4 is 10.5 Å². The molecule has 16 heavy (non-hydrogen) atoms. The van der Waals surface area contributed by atoms with Crippen LogP contribution in [0.1, 0.15) is 6.42 Å². The van der Waals surface area contributed by atoms with Gasteiger partial charge in [0.25, 0.3) is 0 Å². The van der Waals surface area contributed by atoms with Gasteiger partial charge < -0.3 is 5.73 Å². The van der Waals surface area contributed by atoms with E-state index in [4.69, 9.17) is 23.8 Å². The van der Waals surface area contributed by atoms with Crippen molar-refractivity contribution in [1.29, 1.82) is 0 Å². The minimum atomic E-state index is -3.64. The molecule has 1 aromatic rings. The van der Waals surface area contributed by atoms with E-state index in [2.05, 4.69) is 10.6 Å². The van der Waals surface area contributed by atoms with Gasteiger partial charge in [-0.25, -0.2) is 13.1 Å². The zero-order valence-corrected chi connectivity index (χ0v) is 9.98. The molecule has 0 aliphatic heterocycles. The molecule has 86 valence electrons. The quantitative estimate of drug-likeness (QED) is 0.485. The third kappa shape index (κ3) is 3.14. The Balaban J connectivity index is 2.99. The first kappa shape index (κ1) is 12.8. The molecule has 0 fully saturated rings. The number of terminal acetylenes is 1. The molecule has 4 nitrogen and oxygen atoms in total. The fourth-order valence-corrected chi connectivity index (χ4v) is 2.50. The summed E-state index contributed by atoms with van der Waals surface area (Å²) in [5.74, 6) is 2.33. The lowest BCUT2D eigenvalue weighted by Gasteiger charge is -2.08. The molecular weight excluding hydrogens is 248 g/mol. The zero-order valence-electron chi connectivity index (χ0n) is 8.40. The molecule has 0 saturated heterocycles. The van der Waals surface area contributed by atoms with E-state index in [1.807, 2.05) is 0 Å². The van der Waals surface area contributed by atoms with Crippen LogP contribution in [0.2, 0.25) is 5.02 Å². The molecule has 0 spiro atoms. The minimum Gasteiger partial charge on any atom is -0.398 e. The Kier molecular flexibility index (Phi) is 4.19. The summed E-state index contributed by atoms with van der Waals surface area (Å²) in [6.07, 6.45) is 5.34. The summed E-state index contributed by atoms with van der Waals surface area (Å²) < 4.78 is 25.9. The summed E-state index contributed by atoms with van der Waals surface area (Å²) in [7, 11) is -3.64. The Morgan fingerprint density at radius 1 is 1.50 bits per heavy atom. The summed E-state index contributed by atoms with van der Waals surface area (Å²) in [4.78, 5) is -0.0305. The van der Waals surface area contributed by atoms with Gasteiger partial charge in [0, 0.05) is 18.0 Å². The number of nitrogens with one attached hydrogen (secondary N) is 1. The molecule has 0 unspecified atom stereocenters. The normalized spacial score (nSPS) is 11.0. The van der Waals surface area contributed by atoms with Crippen LogP contribution in [-0.2, 0) is 10.0 Å². The second-order valence-electron chi connectivity index (χ2n) is 3.03. The van der Waals surface area contributed by atoms with E-state index in [9.17, 15) is 8.42 Å². The Hall–Kier alpha value is -1.22. The number of rotatable bonds is 4. The molecule has 3 N–H and O–H groups in total. The molecule has 0 amide bonds. The van der Waals surface area contributed by atoms with Gasteiger partial charge >= 0.3 is 0 Å². The standard InChI is InChI=1S/C10H11ClN2O2S/c1-2-3-6-13-16(14,15)10-7-8(11)4-5-9(10)12/h1,4-5,7,13H,3,6,12H2. The van der Waals surface area contributed by atoms with Gasteiger partial charge in [-0.2, -0.15) is 0 Å². The highest BCUT2D eigenvalue weighted by Crippen LogP contribution is 2.22. The lowest BCUT2D eigenvalue weighted by Crippen LogP contribution is -2.25. The molecule has 0 aliphatic rings. The fraction of sp³-hybridized carbons (Fsp3) is 0.200. The summed E-state index contributed by atoms with van der Waals surface area (Å²) >= 11 is 5.70. The second kappa shape index (κ2) is 5.21. The van der Waals surface area contributed by atoms with Crippen molar-refractivity contribution in [3.63, 3.8) is 0 Å². The SMILES string of the molecule is C#CCCNS(=O)(=O)c1cc(Cl)ccc1N. The van der Waals surface area contributed by atoms with E-state index in [1.165, 1.54) is 18.2 Å². The topological polar surface area (TPSA) is 72.2 Å². The first-order valence-corrected chi connectivity index (χ1v) is 6.31. The van der Waals surface area contributed by atoms with Gasteiger partial charge in [-0.05, 0) is 18.2 Å². The number of sulfonamides is 1. The monoisotopic (exact) mass is 258 g/mol. The Morgan fingerprint density at radius 3 is 2.81 bits per heavy atom. The molecule has 0 atom stereocenters. The number of halogens is 1. The Bertz CT molecular complexity index is 520. The van der Waals surface area contributed by atoms with Gasteiger partial charge in [0.2, 0.25) is 10.0 Å². The first-order chi connectivity index (χ1) is 7.47. The van der Waals surface area contributed by atoms with Gasteiger partial charge in [-0.3, -0.25) is 0 Å². The number of anilines is 1. The van der Waals surface area contributed by atoms with Crippen LogP contribution in [0.15, 0.2) is 23.1 Å². The number of hydrogen-bond donors (Lipinski definition) is 2. The molecule has 1 aromatic carbocycles. The van der Waals surface area contributed by atoms with Gasteiger partial charge in [0.05, 0.1) is 5.69 Å². The van der Waals surface area contributed by atoms with Crippen LogP contribution in [0.3, 0.4) is 0 Å². The fourth-order valence-electron chi connectivity index (χ4n) is 1.08. The summed E-state index contributed by atoms with van der Waals surface area (Å²) in [6, 6.07) is 4.27. The average molecular weight is 259 g/mol. The van der Waals surface area contributed by atoms with E-state index >= 15 is 0 Å². The van der Waals surface area contributed by atoms with E-state index in [-0.39, 0.29) is 17.1 Å². The summed E-state index contributed by atoms with van der Waals surface area (Å²) in [5, 5.41) is 0.312. The molecular formula is C10H11ClN2O2S. The lowest BCUT2D eigenvalue weighted by atomic mass is 10.3. The highest BCUT2D eigenvalue weighted by atomic mass is 35.5. The highest BCUT2D eigenvalue weighted by molar-refractivity contribution is 7.89. The van der Waals surface area contributed by atoms with Crippen molar-refractivity contribution in [2.45, 2.75) is 11.3 Å². The molecule has 0 heterocycles. The molecule has 6 heteroatoms. The van der Waals surface area contributed by atoms with Gasteiger partial charge in [-0.15, -0.1) is 12.3 Å². The van der Waals surface area contributed by atoms with Crippen molar-refractivity contribution < 1.29 is 8.42 Å². The van der Waals surface area contributed by atoms with Crippen molar-refractivity contribution in [1.82, 2.24) is 4.72 Å². The lowest BCUT2D eigenvalue weighted by molar-refractivity contribution is 0.583. The van der Waals surface area contributed by atoms with Crippen LogP contribution in [0.4, 0.5) is 5.69 Å². The van der Waals surface area contributed by atoms with Crippen molar-refractivity contribution in [2.24, 2.45) is 0 Å². The largest absolute Gasteiger partial charge is 0.398 e. The number of hydrogen-bond acceptors (Lipinski definition) is 3. The maximum Gasteiger partial charge on any atom is 0.242 e. The predicted octanol–water partition coefficient (Wildman–Crippen LogP) is 1.22. The molecule has 0 radical (unpaired) electrons. The summed E-state index contributed by atoms with van der Waals surface area (Å²) in [6.45, 7) is 0.171. The number of nitrogen functional groups attached to an aromatic ring is 1. The third-order valence-electron chi connectivity index (χ3n) is 1.83. The smallest absolute Gasteiger partial charge is 0.242 e. The minimum absolute atomic E-state index is 0.0305. The average Bonchev–Trinajstić information content (AvgIpc) is 2.22. The maximum atomic E-state index is 11.8. The molecule has 0 saturated carbocycles. The molecule has 1 rings (SSSR count). The van der Waals surface area contributed by atoms with E-state index < -0.39 is 10.0 Å². The highest BCUT2D eigenvalue weighted by Gasteiger charge is 2.16. The van der Waals surface area contributed by atoms with Gasteiger partial charge in [0.15, 0.2) is 0 Å². The molecule has 0 bridgehead atoms. The zero-order chi connectivity index (χ0) is 12.2. The van der Waals surface area contributed by atoms with E-state index in [1.54, 1.807) is 0 Å². The van der Waals surface area contributed by atoms with Crippen LogP contribution in [0.5, 0.6) is 0 Å². The molecule has 0 aliphatic carbocycles. The van der Waals surface area contributed by atoms with E-state index in [0.29, 0.717) is 11.4 Å². The van der Waals surface area contributed by atoms with Crippen LogP contribution in [-0.4, -0.2) is 15.0 Å². The Labute approximate surface area is 99.8 Å².